The number of nitrogens with zero attached hydrogens (tertiary/aromatic N) is 4. The van der Waals surface area contributed by atoms with Gasteiger partial charge in [0.15, 0.2) is 0 Å². The molecule has 0 spiro atoms. The summed E-state index contributed by atoms with van der Waals surface area (Å²) in [6.45, 7) is 1.51. The van der Waals surface area contributed by atoms with Crippen molar-refractivity contribution in [1.82, 2.24) is 20.1 Å². The first-order valence-corrected chi connectivity index (χ1v) is 11.0. The topological polar surface area (TPSA) is 80.1 Å². The van der Waals surface area contributed by atoms with Crippen molar-refractivity contribution in [2.24, 2.45) is 5.92 Å². The van der Waals surface area contributed by atoms with Crippen LogP contribution in [0.1, 0.15) is 17.5 Å². The Morgan fingerprint density at radius 3 is 2.53 bits per heavy atom. The Morgan fingerprint density at radius 1 is 1.13 bits per heavy atom. The number of amides is 2. The zero-order valence-corrected chi connectivity index (χ0v) is 17.5. The molecule has 154 valence electrons. The molecule has 30 heavy (non-hydrogen) atoms. The third-order valence-electron chi connectivity index (χ3n) is 5.18. The summed E-state index contributed by atoms with van der Waals surface area (Å²) >= 11 is 1.66. The van der Waals surface area contributed by atoms with Gasteiger partial charge in [0.25, 0.3) is 0 Å². The second kappa shape index (κ2) is 9.13. The number of benzene rings is 2. The van der Waals surface area contributed by atoms with Crippen LogP contribution in [0.4, 0.5) is 5.69 Å². The van der Waals surface area contributed by atoms with Crippen LogP contribution in [0.3, 0.4) is 0 Å². The number of hydrogen-bond acceptors (Lipinski definition) is 5. The number of rotatable bonds is 7. The summed E-state index contributed by atoms with van der Waals surface area (Å²) < 4.78 is 1.76. The van der Waals surface area contributed by atoms with Crippen LogP contribution in [-0.4, -0.2) is 39.4 Å². The van der Waals surface area contributed by atoms with Gasteiger partial charge in [-0.15, -0.1) is 11.8 Å². The van der Waals surface area contributed by atoms with E-state index in [0.717, 1.165) is 21.7 Å². The zero-order chi connectivity index (χ0) is 20.9. The van der Waals surface area contributed by atoms with Crippen molar-refractivity contribution in [1.29, 1.82) is 0 Å². The highest BCUT2D eigenvalue weighted by Gasteiger charge is 2.34. The van der Waals surface area contributed by atoms with Gasteiger partial charge in [-0.2, -0.15) is 5.10 Å². The lowest BCUT2D eigenvalue weighted by Crippen LogP contribution is -2.32. The Kier molecular flexibility index (Phi) is 6.13. The standard InChI is InChI=1S/C22H23N5O2S/c1-30-20-8-6-19(7-9-20)27-13-18(10-21(27)28)22(29)24-11-16-2-4-17(5-3-16)12-26-15-23-14-25-26/h2-9,14-15,18H,10-13H2,1H3,(H,24,29)/t18-/m0/s1. The zero-order valence-electron chi connectivity index (χ0n) is 16.7. The molecule has 1 aromatic heterocycles. The first-order valence-electron chi connectivity index (χ1n) is 9.75. The molecule has 0 unspecified atom stereocenters. The van der Waals surface area contributed by atoms with Crippen LogP contribution in [0.25, 0.3) is 0 Å². The Morgan fingerprint density at radius 2 is 1.87 bits per heavy atom. The Hall–Kier alpha value is -3.13. The summed E-state index contributed by atoms with van der Waals surface area (Å²) in [6, 6.07) is 15.9. The van der Waals surface area contributed by atoms with Gasteiger partial charge in [0, 0.05) is 30.1 Å². The second-order valence-corrected chi connectivity index (χ2v) is 8.11. The molecule has 2 amide bonds. The minimum Gasteiger partial charge on any atom is -0.352 e. The summed E-state index contributed by atoms with van der Waals surface area (Å²) in [5.74, 6) is -0.424. The van der Waals surface area contributed by atoms with Crippen molar-refractivity contribution in [3.8, 4) is 0 Å². The van der Waals surface area contributed by atoms with Crippen LogP contribution in [0.15, 0.2) is 66.1 Å². The molecule has 2 heterocycles. The monoisotopic (exact) mass is 421 g/mol. The molecule has 0 saturated carbocycles. The fourth-order valence-electron chi connectivity index (χ4n) is 3.49. The normalized spacial score (nSPS) is 16.1. The average molecular weight is 422 g/mol. The molecule has 3 aromatic rings. The van der Waals surface area contributed by atoms with E-state index in [1.807, 2.05) is 54.8 Å². The number of nitrogens with one attached hydrogen (secondary N) is 1. The van der Waals surface area contributed by atoms with Crippen molar-refractivity contribution >= 4 is 29.3 Å². The average Bonchev–Trinajstić information content (AvgIpc) is 3.43. The third kappa shape index (κ3) is 4.71. The van der Waals surface area contributed by atoms with Crippen molar-refractivity contribution < 1.29 is 9.59 Å². The quantitative estimate of drug-likeness (QED) is 0.594. The maximum atomic E-state index is 12.6. The van der Waals surface area contributed by atoms with Crippen LogP contribution < -0.4 is 10.2 Å². The van der Waals surface area contributed by atoms with Crippen molar-refractivity contribution in [2.45, 2.75) is 24.4 Å². The summed E-state index contributed by atoms with van der Waals surface area (Å²) in [6.07, 6.45) is 5.45. The lowest BCUT2D eigenvalue weighted by atomic mass is 10.1. The summed E-state index contributed by atoms with van der Waals surface area (Å²) in [7, 11) is 0. The van der Waals surface area contributed by atoms with Gasteiger partial charge in [-0.1, -0.05) is 24.3 Å². The number of thioether (sulfide) groups is 1. The summed E-state index contributed by atoms with van der Waals surface area (Å²) in [5.41, 5.74) is 2.97. The first kappa shape index (κ1) is 20.2. The molecule has 8 heteroatoms. The molecule has 0 bridgehead atoms. The Labute approximate surface area is 179 Å². The Bertz CT molecular complexity index is 1000. The van der Waals surface area contributed by atoms with E-state index in [0.29, 0.717) is 19.6 Å². The van der Waals surface area contributed by atoms with Gasteiger partial charge in [-0.25, -0.2) is 9.67 Å². The maximum Gasteiger partial charge on any atom is 0.227 e. The van der Waals surface area contributed by atoms with Gasteiger partial charge in [-0.05, 0) is 41.6 Å². The SMILES string of the molecule is CSc1ccc(N2C[C@@H](C(=O)NCc3ccc(Cn4cncn4)cc3)CC2=O)cc1. The number of carbonyl (C=O) groups is 2. The molecule has 1 aliphatic heterocycles. The van der Waals surface area contributed by atoms with Crippen molar-refractivity contribution in [3.63, 3.8) is 0 Å². The first-order chi connectivity index (χ1) is 14.6. The van der Waals surface area contributed by atoms with Gasteiger partial charge in [0.2, 0.25) is 11.8 Å². The van der Waals surface area contributed by atoms with Gasteiger partial charge in [0.1, 0.15) is 12.7 Å². The van der Waals surface area contributed by atoms with E-state index >= 15 is 0 Å². The van der Waals surface area contributed by atoms with E-state index in [4.69, 9.17) is 0 Å². The van der Waals surface area contributed by atoms with Crippen molar-refractivity contribution in [3.05, 3.63) is 72.3 Å². The highest BCUT2D eigenvalue weighted by Crippen LogP contribution is 2.27. The van der Waals surface area contributed by atoms with Crippen LogP contribution in [0.2, 0.25) is 0 Å². The van der Waals surface area contributed by atoms with E-state index in [-0.39, 0.29) is 24.2 Å². The molecule has 1 aliphatic rings. The minimum atomic E-state index is -0.329. The highest BCUT2D eigenvalue weighted by atomic mass is 32.2. The molecule has 1 N–H and O–H groups in total. The highest BCUT2D eigenvalue weighted by molar-refractivity contribution is 7.98. The van der Waals surface area contributed by atoms with Gasteiger partial charge in [-0.3, -0.25) is 9.59 Å². The summed E-state index contributed by atoms with van der Waals surface area (Å²) in [5, 5.41) is 7.06. The summed E-state index contributed by atoms with van der Waals surface area (Å²) in [4.78, 5) is 31.8. The van der Waals surface area contributed by atoms with Crippen LogP contribution >= 0.6 is 11.8 Å². The van der Waals surface area contributed by atoms with Crippen molar-refractivity contribution in [2.75, 3.05) is 17.7 Å². The van der Waals surface area contributed by atoms with Crippen LogP contribution in [-0.2, 0) is 22.7 Å². The molecule has 0 aliphatic carbocycles. The van der Waals surface area contributed by atoms with E-state index in [9.17, 15) is 9.59 Å². The molecule has 1 saturated heterocycles. The Balaban J connectivity index is 1.30. The van der Waals surface area contributed by atoms with Gasteiger partial charge in [0.05, 0.1) is 12.5 Å². The molecular formula is C22H23N5O2S. The lowest BCUT2D eigenvalue weighted by molar-refractivity contribution is -0.126. The molecule has 1 fully saturated rings. The van der Waals surface area contributed by atoms with E-state index in [1.165, 1.54) is 6.33 Å². The number of carbonyl (C=O) groups excluding carboxylic acids is 2. The minimum absolute atomic E-state index is 0.00971. The fraction of sp³-hybridized carbons (Fsp3) is 0.273. The second-order valence-electron chi connectivity index (χ2n) is 7.23. The molecule has 7 nitrogen and oxygen atoms in total. The molecule has 0 radical (unpaired) electrons. The fourth-order valence-corrected chi connectivity index (χ4v) is 3.90. The van der Waals surface area contributed by atoms with E-state index in [1.54, 1.807) is 27.7 Å². The predicted molar refractivity (Wildman–Crippen MR) is 116 cm³/mol. The van der Waals surface area contributed by atoms with Crippen LogP contribution in [0, 0.1) is 5.92 Å². The number of aromatic nitrogens is 3. The largest absolute Gasteiger partial charge is 0.352 e. The maximum absolute atomic E-state index is 12.6. The van der Waals surface area contributed by atoms with E-state index in [2.05, 4.69) is 15.4 Å². The van der Waals surface area contributed by atoms with E-state index < -0.39 is 0 Å². The predicted octanol–water partition coefficient (Wildman–Crippen LogP) is 2.72. The van der Waals surface area contributed by atoms with Gasteiger partial charge >= 0.3 is 0 Å². The van der Waals surface area contributed by atoms with Crippen LogP contribution in [0.5, 0.6) is 0 Å². The molecule has 1 atom stereocenters. The molecule has 4 rings (SSSR count). The van der Waals surface area contributed by atoms with Gasteiger partial charge < -0.3 is 10.2 Å². The number of hydrogen-bond donors (Lipinski definition) is 1. The number of anilines is 1. The third-order valence-corrected chi connectivity index (χ3v) is 5.92. The smallest absolute Gasteiger partial charge is 0.227 e. The lowest BCUT2D eigenvalue weighted by Gasteiger charge is -2.17. The molecular weight excluding hydrogens is 398 g/mol. The molecule has 2 aromatic carbocycles.